The van der Waals surface area contributed by atoms with Crippen molar-refractivity contribution in [3.05, 3.63) is 92.3 Å². The van der Waals surface area contributed by atoms with E-state index in [4.69, 9.17) is 4.74 Å². The molecule has 0 saturated heterocycles. The first-order valence-corrected chi connectivity index (χ1v) is 12.0. The van der Waals surface area contributed by atoms with Crippen molar-refractivity contribution in [3.8, 4) is 11.1 Å². The number of nitrogens with one attached hydrogen (secondary N) is 2. The molecular weight excluding hydrogens is 492 g/mol. The highest BCUT2D eigenvalue weighted by molar-refractivity contribution is 5.82. The minimum Gasteiger partial charge on any atom is -0.468 e. The van der Waals surface area contributed by atoms with Crippen LogP contribution in [0.4, 0.5) is 4.79 Å². The summed E-state index contributed by atoms with van der Waals surface area (Å²) in [5.74, 6) is -1.33. The van der Waals surface area contributed by atoms with Crippen molar-refractivity contribution in [2.45, 2.75) is 19.4 Å². The van der Waals surface area contributed by atoms with Crippen molar-refractivity contribution in [2.75, 3.05) is 33.4 Å². The molecule has 0 unspecified atom stereocenters. The highest BCUT2D eigenvalue weighted by atomic mass is 16.5. The van der Waals surface area contributed by atoms with Gasteiger partial charge in [-0.15, -0.1) is 0 Å². The predicted molar refractivity (Wildman–Crippen MR) is 138 cm³/mol. The van der Waals surface area contributed by atoms with E-state index >= 15 is 0 Å². The van der Waals surface area contributed by atoms with Crippen molar-refractivity contribution >= 4 is 18.0 Å². The summed E-state index contributed by atoms with van der Waals surface area (Å²) in [6.45, 7) is 0.828. The van der Waals surface area contributed by atoms with Crippen molar-refractivity contribution in [1.29, 1.82) is 0 Å². The zero-order valence-electron chi connectivity index (χ0n) is 21.1. The summed E-state index contributed by atoms with van der Waals surface area (Å²) < 4.78 is 11.2. The van der Waals surface area contributed by atoms with Crippen molar-refractivity contribution < 1.29 is 23.9 Å². The number of carbonyl (C=O) groups is 3. The van der Waals surface area contributed by atoms with E-state index in [0.717, 1.165) is 31.7 Å². The first-order chi connectivity index (χ1) is 18.3. The van der Waals surface area contributed by atoms with Gasteiger partial charge in [0.05, 0.1) is 7.11 Å². The third kappa shape index (κ3) is 5.83. The maximum atomic E-state index is 12.8. The molecular formula is C27H28N4O7. The van der Waals surface area contributed by atoms with Gasteiger partial charge in [0.2, 0.25) is 5.91 Å². The predicted octanol–water partition coefficient (Wildman–Crippen LogP) is 1.39. The molecule has 11 heteroatoms. The number of methoxy groups -OCH3 is 1. The summed E-state index contributed by atoms with van der Waals surface area (Å²) >= 11 is 0. The van der Waals surface area contributed by atoms with Gasteiger partial charge in [-0.2, -0.15) is 0 Å². The number of esters is 1. The van der Waals surface area contributed by atoms with Crippen LogP contribution in [0.2, 0.25) is 0 Å². The normalized spacial score (nSPS) is 11.8. The largest absolute Gasteiger partial charge is 0.468 e. The molecule has 11 nitrogen and oxygen atoms in total. The molecule has 38 heavy (non-hydrogen) atoms. The van der Waals surface area contributed by atoms with Crippen molar-refractivity contribution in [1.82, 2.24) is 19.8 Å². The van der Waals surface area contributed by atoms with Gasteiger partial charge in [0.1, 0.15) is 19.7 Å². The number of benzene rings is 2. The summed E-state index contributed by atoms with van der Waals surface area (Å²) in [5, 5.41) is 2.60. The summed E-state index contributed by atoms with van der Waals surface area (Å²) in [6.07, 6.45) is 0.606. The molecule has 0 radical (unpaired) electrons. The lowest BCUT2D eigenvalue weighted by Crippen LogP contribution is -2.44. The molecule has 198 valence electrons. The lowest BCUT2D eigenvalue weighted by atomic mass is 9.98. The number of aromatic nitrogens is 2. The minimum atomic E-state index is -0.747. The molecule has 1 aliphatic rings. The van der Waals surface area contributed by atoms with Gasteiger partial charge in [-0.05, 0) is 29.2 Å². The monoisotopic (exact) mass is 520 g/mol. The zero-order chi connectivity index (χ0) is 27.2. The number of aromatic amines is 1. The van der Waals surface area contributed by atoms with Crippen LogP contribution in [0.3, 0.4) is 0 Å². The Labute approximate surface area is 218 Å². The number of H-pyrrole nitrogens is 1. The number of rotatable bonds is 9. The topological polar surface area (TPSA) is 140 Å². The number of ether oxygens (including phenoxy) is 2. The molecule has 2 amide bonds. The fourth-order valence-corrected chi connectivity index (χ4v) is 4.44. The van der Waals surface area contributed by atoms with Gasteiger partial charge in [-0.1, -0.05) is 48.5 Å². The van der Waals surface area contributed by atoms with Gasteiger partial charge in [-0.25, -0.2) is 9.59 Å². The van der Waals surface area contributed by atoms with Crippen molar-refractivity contribution in [3.63, 3.8) is 0 Å². The summed E-state index contributed by atoms with van der Waals surface area (Å²) in [4.78, 5) is 64.0. The Morgan fingerprint density at radius 3 is 2.29 bits per heavy atom. The summed E-state index contributed by atoms with van der Waals surface area (Å²) in [7, 11) is 1.19. The van der Waals surface area contributed by atoms with E-state index < -0.39 is 35.8 Å². The lowest BCUT2D eigenvalue weighted by molar-refractivity contribution is -0.147. The number of hydrogen-bond donors (Lipinski definition) is 2. The third-order valence-electron chi connectivity index (χ3n) is 6.39. The maximum Gasteiger partial charge on any atom is 0.407 e. The highest BCUT2D eigenvalue weighted by Crippen LogP contribution is 2.44. The first kappa shape index (κ1) is 26.4. The van der Waals surface area contributed by atoms with Crippen LogP contribution < -0.4 is 16.6 Å². The SMILES string of the molecule is COC(=O)CN(CCNC(=O)OCC1c2ccccc2-c2ccccc21)C(=O)Cn1cc(C)c(=O)[nH]c1=O. The van der Waals surface area contributed by atoms with E-state index in [1.54, 1.807) is 0 Å². The van der Waals surface area contributed by atoms with E-state index in [2.05, 4.69) is 15.0 Å². The van der Waals surface area contributed by atoms with E-state index in [1.807, 2.05) is 48.5 Å². The number of carbonyl (C=O) groups excluding carboxylic acids is 3. The van der Waals surface area contributed by atoms with Gasteiger partial charge in [0.25, 0.3) is 5.56 Å². The molecule has 1 heterocycles. The van der Waals surface area contributed by atoms with E-state index in [0.29, 0.717) is 0 Å². The van der Waals surface area contributed by atoms with Crippen LogP contribution in [0.5, 0.6) is 0 Å². The third-order valence-corrected chi connectivity index (χ3v) is 6.39. The Hall–Kier alpha value is -4.67. The Balaban J connectivity index is 1.34. The highest BCUT2D eigenvalue weighted by Gasteiger charge is 2.29. The van der Waals surface area contributed by atoms with Gasteiger partial charge in [0.15, 0.2) is 0 Å². The fourth-order valence-electron chi connectivity index (χ4n) is 4.44. The second-order valence-corrected chi connectivity index (χ2v) is 8.84. The number of amides is 2. The standard InChI is InChI=1S/C27H28N4O7/c1-17-13-31(26(35)29-25(17)34)14-23(32)30(15-24(33)37-2)12-11-28-27(36)38-16-22-20-9-5-3-7-18(20)19-8-4-6-10-21(19)22/h3-10,13,22H,11-12,14-16H2,1-2H3,(H,28,36)(H,29,34,35). The fraction of sp³-hybridized carbons (Fsp3) is 0.296. The molecule has 0 spiro atoms. The van der Waals surface area contributed by atoms with Crippen LogP contribution in [0.15, 0.2) is 64.3 Å². The zero-order valence-corrected chi connectivity index (χ0v) is 21.1. The average molecular weight is 521 g/mol. The molecule has 0 bridgehead atoms. The molecule has 0 aliphatic heterocycles. The Morgan fingerprint density at radius 1 is 1.03 bits per heavy atom. The van der Waals surface area contributed by atoms with Crippen LogP contribution in [-0.4, -0.2) is 65.8 Å². The number of aryl methyl sites for hydroxylation is 1. The first-order valence-electron chi connectivity index (χ1n) is 12.0. The van der Waals surface area contributed by atoms with Crippen LogP contribution in [0.25, 0.3) is 11.1 Å². The number of hydrogen-bond acceptors (Lipinski definition) is 7. The van der Waals surface area contributed by atoms with Gasteiger partial charge >= 0.3 is 17.8 Å². The van der Waals surface area contributed by atoms with E-state index in [1.165, 1.54) is 20.2 Å². The van der Waals surface area contributed by atoms with Gasteiger partial charge < -0.3 is 19.7 Å². The summed E-state index contributed by atoms with van der Waals surface area (Å²) in [6, 6.07) is 16.0. The second-order valence-electron chi connectivity index (χ2n) is 8.84. The number of fused-ring (bicyclic) bond motifs is 3. The van der Waals surface area contributed by atoms with Crippen molar-refractivity contribution in [2.24, 2.45) is 0 Å². The number of nitrogens with zero attached hydrogens (tertiary/aromatic N) is 2. The summed E-state index contributed by atoms with van der Waals surface area (Å²) in [5.41, 5.74) is 3.37. The lowest BCUT2D eigenvalue weighted by Gasteiger charge is -2.22. The van der Waals surface area contributed by atoms with Crippen LogP contribution in [0.1, 0.15) is 22.6 Å². The Morgan fingerprint density at radius 2 is 1.66 bits per heavy atom. The molecule has 1 aliphatic carbocycles. The molecule has 1 aromatic heterocycles. The van der Waals surface area contributed by atoms with Crippen LogP contribution in [-0.2, 0) is 25.6 Å². The Bertz CT molecular complexity index is 1430. The molecule has 2 N–H and O–H groups in total. The maximum absolute atomic E-state index is 12.8. The minimum absolute atomic E-state index is 0.00103. The smallest absolute Gasteiger partial charge is 0.407 e. The second kappa shape index (κ2) is 11.6. The van der Waals surface area contributed by atoms with Crippen LogP contribution in [0, 0.1) is 6.92 Å². The van der Waals surface area contributed by atoms with E-state index in [-0.39, 0.29) is 37.7 Å². The molecule has 2 aromatic carbocycles. The van der Waals surface area contributed by atoms with Gasteiger partial charge in [0, 0.05) is 30.8 Å². The molecule has 0 fully saturated rings. The molecule has 4 rings (SSSR count). The Kier molecular flexibility index (Phi) is 8.05. The molecule has 0 atom stereocenters. The molecule has 3 aromatic rings. The quantitative estimate of drug-likeness (QED) is 0.406. The van der Waals surface area contributed by atoms with Crippen LogP contribution >= 0.6 is 0 Å². The average Bonchev–Trinajstić information content (AvgIpc) is 3.23. The number of alkyl carbamates (subject to hydrolysis) is 1. The van der Waals surface area contributed by atoms with Gasteiger partial charge in [-0.3, -0.25) is 23.9 Å². The van der Waals surface area contributed by atoms with E-state index in [9.17, 15) is 24.0 Å². The molecule has 0 saturated carbocycles.